The molecule has 0 amide bonds. The standard InChI is InChI=1S/C15H24N2/c1-3-14-8-10-15(11-9-14)17-13(2)7-5-4-6-12-16/h8-11,17H,2-7,12,16H2,1H3. The van der Waals surface area contributed by atoms with Crippen LogP contribution in [0.15, 0.2) is 36.5 Å². The topological polar surface area (TPSA) is 38.0 Å². The van der Waals surface area contributed by atoms with Crippen molar-refractivity contribution in [3.63, 3.8) is 0 Å². The lowest BCUT2D eigenvalue weighted by Gasteiger charge is -2.10. The monoisotopic (exact) mass is 232 g/mol. The van der Waals surface area contributed by atoms with Gasteiger partial charge in [-0.3, -0.25) is 0 Å². The van der Waals surface area contributed by atoms with E-state index in [4.69, 9.17) is 5.73 Å². The van der Waals surface area contributed by atoms with E-state index in [9.17, 15) is 0 Å². The van der Waals surface area contributed by atoms with E-state index in [2.05, 4.69) is 43.1 Å². The molecule has 0 saturated carbocycles. The highest BCUT2D eigenvalue weighted by atomic mass is 14.9. The van der Waals surface area contributed by atoms with E-state index in [1.54, 1.807) is 0 Å². The average molecular weight is 232 g/mol. The van der Waals surface area contributed by atoms with E-state index in [1.165, 1.54) is 12.0 Å². The van der Waals surface area contributed by atoms with Gasteiger partial charge in [-0.05, 0) is 49.9 Å². The van der Waals surface area contributed by atoms with Crippen LogP contribution in [0.3, 0.4) is 0 Å². The Morgan fingerprint density at radius 2 is 1.88 bits per heavy atom. The fourth-order valence-electron chi connectivity index (χ4n) is 1.75. The first-order chi connectivity index (χ1) is 8.26. The molecule has 0 aliphatic rings. The summed E-state index contributed by atoms with van der Waals surface area (Å²) >= 11 is 0. The van der Waals surface area contributed by atoms with Crippen molar-refractivity contribution in [2.75, 3.05) is 11.9 Å². The Labute approximate surface area is 105 Å². The summed E-state index contributed by atoms with van der Waals surface area (Å²) in [6.07, 6.45) is 5.57. The Morgan fingerprint density at radius 1 is 1.18 bits per heavy atom. The van der Waals surface area contributed by atoms with Crippen molar-refractivity contribution < 1.29 is 0 Å². The first kappa shape index (κ1) is 13.8. The van der Waals surface area contributed by atoms with Crippen molar-refractivity contribution >= 4 is 5.69 Å². The van der Waals surface area contributed by atoms with Crippen molar-refractivity contribution in [2.24, 2.45) is 5.73 Å². The third-order valence-corrected chi connectivity index (χ3v) is 2.87. The molecule has 0 unspecified atom stereocenters. The molecule has 0 aliphatic heterocycles. The molecule has 0 saturated heterocycles. The third-order valence-electron chi connectivity index (χ3n) is 2.87. The predicted molar refractivity (Wildman–Crippen MR) is 76.1 cm³/mol. The van der Waals surface area contributed by atoms with E-state index in [1.807, 2.05) is 0 Å². The lowest BCUT2D eigenvalue weighted by Crippen LogP contribution is -2.00. The van der Waals surface area contributed by atoms with Crippen LogP contribution >= 0.6 is 0 Å². The SMILES string of the molecule is C=C(CCCCCN)Nc1ccc(CC)cc1. The van der Waals surface area contributed by atoms with Crippen LogP contribution in [-0.4, -0.2) is 6.54 Å². The fourth-order valence-corrected chi connectivity index (χ4v) is 1.75. The van der Waals surface area contributed by atoms with Crippen LogP contribution in [0.4, 0.5) is 5.69 Å². The third kappa shape index (κ3) is 5.55. The Morgan fingerprint density at radius 3 is 2.47 bits per heavy atom. The van der Waals surface area contributed by atoms with Gasteiger partial charge < -0.3 is 11.1 Å². The second-order valence-corrected chi connectivity index (χ2v) is 4.38. The van der Waals surface area contributed by atoms with Gasteiger partial charge in [-0.2, -0.15) is 0 Å². The zero-order valence-electron chi connectivity index (χ0n) is 10.8. The molecule has 0 spiro atoms. The summed E-state index contributed by atoms with van der Waals surface area (Å²) in [7, 11) is 0. The van der Waals surface area contributed by atoms with Crippen LogP contribution in [0.25, 0.3) is 0 Å². The van der Waals surface area contributed by atoms with Gasteiger partial charge in [-0.25, -0.2) is 0 Å². The van der Waals surface area contributed by atoms with Crippen LogP contribution in [0, 0.1) is 0 Å². The number of hydrogen-bond acceptors (Lipinski definition) is 2. The second-order valence-electron chi connectivity index (χ2n) is 4.38. The first-order valence-electron chi connectivity index (χ1n) is 6.50. The highest BCUT2D eigenvalue weighted by molar-refractivity contribution is 5.48. The van der Waals surface area contributed by atoms with Crippen LogP contribution in [0.5, 0.6) is 0 Å². The molecule has 0 aromatic heterocycles. The number of hydrogen-bond donors (Lipinski definition) is 2. The van der Waals surface area contributed by atoms with Gasteiger partial charge in [0.15, 0.2) is 0 Å². The van der Waals surface area contributed by atoms with E-state index in [-0.39, 0.29) is 0 Å². The van der Waals surface area contributed by atoms with E-state index < -0.39 is 0 Å². The van der Waals surface area contributed by atoms with E-state index in [0.717, 1.165) is 43.6 Å². The highest BCUT2D eigenvalue weighted by Gasteiger charge is 1.96. The molecule has 0 bridgehead atoms. The Hall–Kier alpha value is -1.28. The molecule has 94 valence electrons. The van der Waals surface area contributed by atoms with Crippen molar-refractivity contribution in [2.45, 2.75) is 39.0 Å². The molecule has 0 fully saturated rings. The molecule has 2 nitrogen and oxygen atoms in total. The van der Waals surface area contributed by atoms with Gasteiger partial charge in [-0.1, -0.05) is 32.1 Å². The minimum absolute atomic E-state index is 0.790. The summed E-state index contributed by atoms with van der Waals surface area (Å²) in [6.45, 7) is 7.00. The maximum Gasteiger partial charge on any atom is 0.0381 e. The van der Waals surface area contributed by atoms with E-state index >= 15 is 0 Å². The quantitative estimate of drug-likeness (QED) is 0.671. The maximum atomic E-state index is 5.46. The van der Waals surface area contributed by atoms with Gasteiger partial charge in [0, 0.05) is 11.4 Å². The van der Waals surface area contributed by atoms with Crippen molar-refractivity contribution in [1.82, 2.24) is 0 Å². The number of nitrogens with two attached hydrogens (primary N) is 1. The minimum Gasteiger partial charge on any atom is -0.359 e. The Balaban J connectivity index is 2.29. The summed E-state index contributed by atoms with van der Waals surface area (Å²) in [6, 6.07) is 8.54. The molecule has 1 aromatic carbocycles. The summed E-state index contributed by atoms with van der Waals surface area (Å²) in [5.74, 6) is 0. The van der Waals surface area contributed by atoms with Gasteiger partial charge in [0.25, 0.3) is 0 Å². The maximum absolute atomic E-state index is 5.46. The molecule has 1 rings (SSSR count). The zero-order chi connectivity index (χ0) is 12.5. The van der Waals surface area contributed by atoms with Gasteiger partial charge in [0.05, 0.1) is 0 Å². The number of allylic oxidation sites excluding steroid dienone is 1. The summed E-state index contributed by atoms with van der Waals surface area (Å²) in [5.41, 5.74) is 9.04. The summed E-state index contributed by atoms with van der Waals surface area (Å²) < 4.78 is 0. The normalized spacial score (nSPS) is 10.2. The summed E-state index contributed by atoms with van der Waals surface area (Å²) in [4.78, 5) is 0. The molecule has 2 heteroatoms. The fraction of sp³-hybridized carbons (Fsp3) is 0.467. The largest absolute Gasteiger partial charge is 0.359 e. The first-order valence-corrected chi connectivity index (χ1v) is 6.50. The number of rotatable bonds is 8. The summed E-state index contributed by atoms with van der Waals surface area (Å²) in [5, 5.41) is 3.34. The van der Waals surface area contributed by atoms with Crippen LogP contribution < -0.4 is 11.1 Å². The molecular formula is C15H24N2. The predicted octanol–water partition coefficient (Wildman–Crippen LogP) is 3.69. The average Bonchev–Trinajstić information content (AvgIpc) is 2.36. The van der Waals surface area contributed by atoms with Crippen molar-refractivity contribution in [3.8, 4) is 0 Å². The van der Waals surface area contributed by atoms with Gasteiger partial charge >= 0.3 is 0 Å². The molecule has 1 aromatic rings. The van der Waals surface area contributed by atoms with Crippen molar-refractivity contribution in [1.29, 1.82) is 0 Å². The number of benzene rings is 1. The van der Waals surface area contributed by atoms with Gasteiger partial charge in [0.1, 0.15) is 0 Å². The minimum atomic E-state index is 0.790. The number of nitrogens with one attached hydrogen (secondary N) is 1. The molecule has 0 atom stereocenters. The lowest BCUT2D eigenvalue weighted by molar-refractivity contribution is 0.685. The number of aryl methyl sites for hydroxylation is 1. The molecule has 3 N–H and O–H groups in total. The number of anilines is 1. The molecule has 0 radical (unpaired) electrons. The number of unbranched alkanes of at least 4 members (excludes halogenated alkanes) is 2. The van der Waals surface area contributed by atoms with Crippen LogP contribution in [0.2, 0.25) is 0 Å². The smallest absolute Gasteiger partial charge is 0.0381 e. The Bertz CT molecular complexity index is 327. The lowest BCUT2D eigenvalue weighted by atomic mass is 10.1. The highest BCUT2D eigenvalue weighted by Crippen LogP contribution is 2.14. The van der Waals surface area contributed by atoms with Crippen LogP contribution in [-0.2, 0) is 6.42 Å². The molecule has 0 heterocycles. The van der Waals surface area contributed by atoms with Gasteiger partial charge in [-0.15, -0.1) is 0 Å². The zero-order valence-corrected chi connectivity index (χ0v) is 10.8. The van der Waals surface area contributed by atoms with Crippen molar-refractivity contribution in [3.05, 3.63) is 42.1 Å². The van der Waals surface area contributed by atoms with Crippen LogP contribution in [0.1, 0.15) is 38.2 Å². The molecule has 0 aliphatic carbocycles. The molecular weight excluding hydrogens is 208 g/mol. The second kappa shape index (κ2) is 7.91. The van der Waals surface area contributed by atoms with E-state index in [0.29, 0.717) is 0 Å². The van der Waals surface area contributed by atoms with Gasteiger partial charge in [0.2, 0.25) is 0 Å². The Kier molecular flexibility index (Phi) is 6.41. The molecule has 17 heavy (non-hydrogen) atoms.